The maximum atomic E-state index is 4.67. The van der Waals surface area contributed by atoms with Crippen LogP contribution in [0.2, 0.25) is 0 Å². The summed E-state index contributed by atoms with van der Waals surface area (Å²) in [5, 5.41) is 8.26. The Labute approximate surface area is 126 Å². The molecule has 2 heterocycles. The number of allylic oxidation sites excluding steroid dienone is 1. The zero-order chi connectivity index (χ0) is 14.8. The predicted molar refractivity (Wildman–Crippen MR) is 87.4 cm³/mol. The van der Waals surface area contributed by atoms with Crippen LogP contribution in [0.1, 0.15) is 51.6 Å². The van der Waals surface area contributed by atoms with E-state index in [-0.39, 0.29) is 0 Å². The first-order valence-corrected chi connectivity index (χ1v) is 7.94. The highest BCUT2D eigenvalue weighted by molar-refractivity contribution is 5.61. The van der Waals surface area contributed by atoms with Gasteiger partial charge < -0.3 is 5.32 Å². The smallest absolute Gasteiger partial charge is 0.154 e. The van der Waals surface area contributed by atoms with Gasteiger partial charge in [-0.25, -0.2) is 9.50 Å². The van der Waals surface area contributed by atoms with Crippen LogP contribution in [0.4, 0.5) is 5.82 Å². The van der Waals surface area contributed by atoms with E-state index in [2.05, 4.69) is 28.9 Å². The molecule has 1 N–H and O–H groups in total. The van der Waals surface area contributed by atoms with E-state index in [0.29, 0.717) is 6.04 Å². The van der Waals surface area contributed by atoms with Gasteiger partial charge in [0.05, 0.1) is 11.9 Å². The number of rotatable bonds is 4. The molecule has 0 amide bonds. The minimum atomic E-state index is 0.551. The zero-order valence-corrected chi connectivity index (χ0v) is 13.0. The van der Waals surface area contributed by atoms with Gasteiger partial charge in [0, 0.05) is 6.04 Å². The molecule has 2 aromatic heterocycles. The Morgan fingerprint density at radius 1 is 1.33 bits per heavy atom. The number of nitrogens with one attached hydrogen (secondary N) is 1. The first kappa shape index (κ1) is 14.1. The van der Waals surface area contributed by atoms with Crippen LogP contribution >= 0.6 is 0 Å². The summed E-state index contributed by atoms with van der Waals surface area (Å²) in [5.74, 6) is 1.85. The van der Waals surface area contributed by atoms with Crippen molar-refractivity contribution in [1.29, 1.82) is 0 Å². The van der Waals surface area contributed by atoms with Gasteiger partial charge in [0.1, 0.15) is 5.82 Å². The lowest BCUT2D eigenvalue weighted by Gasteiger charge is -2.28. The van der Waals surface area contributed by atoms with Gasteiger partial charge in [0.25, 0.3) is 0 Å². The van der Waals surface area contributed by atoms with E-state index in [1.807, 2.05) is 29.8 Å². The average molecular weight is 284 g/mol. The monoisotopic (exact) mass is 284 g/mol. The van der Waals surface area contributed by atoms with Crippen molar-refractivity contribution in [1.82, 2.24) is 14.6 Å². The zero-order valence-electron chi connectivity index (χ0n) is 13.0. The Balaban J connectivity index is 1.75. The molecule has 0 saturated heterocycles. The lowest BCUT2D eigenvalue weighted by molar-refractivity contribution is 0.329. The van der Waals surface area contributed by atoms with Crippen molar-refractivity contribution in [2.24, 2.45) is 5.92 Å². The molecule has 21 heavy (non-hydrogen) atoms. The fourth-order valence-corrected chi connectivity index (χ4v) is 3.17. The van der Waals surface area contributed by atoms with E-state index in [9.17, 15) is 0 Å². The standard InChI is InChI=1S/C17H24N4/c1-4-13-5-7-14(8-6-13)19-16-9-10-17-18-11-15(12(2)3)21(17)20-16/h9-11,13-14H,2,4-8H2,1,3H3,(H,19,20). The lowest BCUT2D eigenvalue weighted by atomic mass is 9.84. The first-order chi connectivity index (χ1) is 10.2. The molecule has 0 radical (unpaired) electrons. The molecule has 1 fully saturated rings. The molecular weight excluding hydrogens is 260 g/mol. The molecule has 4 heteroatoms. The summed E-state index contributed by atoms with van der Waals surface area (Å²) >= 11 is 0. The van der Waals surface area contributed by atoms with E-state index in [4.69, 9.17) is 0 Å². The second-order valence-corrected chi connectivity index (χ2v) is 6.18. The van der Waals surface area contributed by atoms with Crippen molar-refractivity contribution < 1.29 is 0 Å². The van der Waals surface area contributed by atoms with E-state index in [1.165, 1.54) is 32.1 Å². The molecule has 0 bridgehead atoms. The van der Waals surface area contributed by atoms with Gasteiger partial charge in [-0.3, -0.25) is 0 Å². The number of hydrogen-bond donors (Lipinski definition) is 1. The number of hydrogen-bond acceptors (Lipinski definition) is 3. The van der Waals surface area contributed by atoms with Crippen LogP contribution in [0.3, 0.4) is 0 Å². The summed E-state index contributed by atoms with van der Waals surface area (Å²) in [6.07, 6.45) is 8.30. The van der Waals surface area contributed by atoms with Gasteiger partial charge in [-0.15, -0.1) is 5.10 Å². The summed E-state index contributed by atoms with van der Waals surface area (Å²) in [6, 6.07) is 4.59. The Bertz CT molecular complexity index is 635. The third kappa shape index (κ3) is 2.94. The Hall–Kier alpha value is -1.84. The van der Waals surface area contributed by atoms with Gasteiger partial charge >= 0.3 is 0 Å². The van der Waals surface area contributed by atoms with Gasteiger partial charge in [-0.05, 0) is 56.2 Å². The highest BCUT2D eigenvalue weighted by atomic mass is 15.3. The average Bonchev–Trinajstić information content (AvgIpc) is 2.91. The molecule has 3 rings (SSSR count). The van der Waals surface area contributed by atoms with Crippen LogP contribution in [0.5, 0.6) is 0 Å². The number of aromatic nitrogens is 3. The predicted octanol–water partition coefficient (Wildman–Crippen LogP) is 4.14. The number of nitrogens with zero attached hydrogens (tertiary/aromatic N) is 3. The lowest BCUT2D eigenvalue weighted by Crippen LogP contribution is -2.26. The van der Waals surface area contributed by atoms with Crippen LogP contribution in [-0.2, 0) is 0 Å². The van der Waals surface area contributed by atoms with Crippen molar-refractivity contribution in [2.75, 3.05) is 5.32 Å². The molecular formula is C17H24N4. The van der Waals surface area contributed by atoms with Crippen molar-refractivity contribution >= 4 is 17.0 Å². The van der Waals surface area contributed by atoms with Gasteiger partial charge in [0.2, 0.25) is 0 Å². The fourth-order valence-electron chi connectivity index (χ4n) is 3.17. The van der Waals surface area contributed by atoms with E-state index in [0.717, 1.165) is 28.6 Å². The summed E-state index contributed by atoms with van der Waals surface area (Å²) in [7, 11) is 0. The van der Waals surface area contributed by atoms with E-state index >= 15 is 0 Å². The summed E-state index contributed by atoms with van der Waals surface area (Å²) in [6.45, 7) is 8.27. The Morgan fingerprint density at radius 3 is 2.76 bits per heavy atom. The molecule has 0 atom stereocenters. The maximum absolute atomic E-state index is 4.67. The molecule has 0 aliphatic heterocycles. The van der Waals surface area contributed by atoms with Crippen LogP contribution in [0.25, 0.3) is 11.2 Å². The summed E-state index contributed by atoms with van der Waals surface area (Å²) in [5.41, 5.74) is 2.83. The van der Waals surface area contributed by atoms with Gasteiger partial charge in [0.15, 0.2) is 5.65 Å². The molecule has 2 aromatic rings. The van der Waals surface area contributed by atoms with Crippen LogP contribution < -0.4 is 5.32 Å². The molecule has 1 saturated carbocycles. The van der Waals surface area contributed by atoms with E-state index < -0.39 is 0 Å². The van der Waals surface area contributed by atoms with Crippen LogP contribution in [-0.4, -0.2) is 20.6 Å². The minimum absolute atomic E-state index is 0.551. The highest BCUT2D eigenvalue weighted by Crippen LogP contribution is 2.28. The molecule has 0 unspecified atom stereocenters. The van der Waals surface area contributed by atoms with Gasteiger partial charge in [-0.1, -0.05) is 19.9 Å². The third-order valence-corrected chi connectivity index (χ3v) is 4.58. The first-order valence-electron chi connectivity index (χ1n) is 7.94. The maximum Gasteiger partial charge on any atom is 0.154 e. The quantitative estimate of drug-likeness (QED) is 0.917. The van der Waals surface area contributed by atoms with Crippen LogP contribution in [0, 0.1) is 5.92 Å². The fraction of sp³-hybridized carbons (Fsp3) is 0.529. The van der Waals surface area contributed by atoms with Crippen molar-refractivity contribution in [3.63, 3.8) is 0 Å². The normalized spacial score (nSPS) is 22.4. The van der Waals surface area contributed by atoms with Crippen molar-refractivity contribution in [3.8, 4) is 0 Å². The van der Waals surface area contributed by atoms with Gasteiger partial charge in [-0.2, -0.15) is 0 Å². The molecule has 1 aliphatic rings. The second-order valence-electron chi connectivity index (χ2n) is 6.18. The molecule has 0 aromatic carbocycles. The largest absolute Gasteiger partial charge is 0.366 e. The minimum Gasteiger partial charge on any atom is -0.366 e. The summed E-state index contributed by atoms with van der Waals surface area (Å²) in [4.78, 5) is 4.36. The third-order valence-electron chi connectivity index (χ3n) is 4.58. The van der Waals surface area contributed by atoms with Crippen LogP contribution in [0.15, 0.2) is 24.9 Å². The summed E-state index contributed by atoms with van der Waals surface area (Å²) < 4.78 is 1.88. The Kier molecular flexibility index (Phi) is 3.95. The highest BCUT2D eigenvalue weighted by Gasteiger charge is 2.20. The number of anilines is 1. The van der Waals surface area contributed by atoms with Crippen molar-refractivity contribution in [3.05, 3.63) is 30.6 Å². The molecule has 0 spiro atoms. The molecule has 1 aliphatic carbocycles. The SMILES string of the molecule is C=C(C)c1cnc2ccc(NC3CCC(CC)CC3)nn12. The topological polar surface area (TPSA) is 42.2 Å². The van der Waals surface area contributed by atoms with E-state index in [1.54, 1.807) is 0 Å². The molecule has 4 nitrogen and oxygen atoms in total. The Morgan fingerprint density at radius 2 is 2.10 bits per heavy atom. The van der Waals surface area contributed by atoms with Crippen molar-refractivity contribution in [2.45, 2.75) is 52.0 Å². The number of imidazole rings is 1. The molecule has 112 valence electrons. The number of fused-ring (bicyclic) bond motifs is 1. The second kappa shape index (κ2) is 5.88.